The van der Waals surface area contributed by atoms with Crippen LogP contribution in [-0.4, -0.2) is 6.21 Å². The van der Waals surface area contributed by atoms with Crippen LogP contribution in [0.25, 0.3) is 0 Å². The predicted molar refractivity (Wildman–Crippen MR) is 99.8 cm³/mol. The summed E-state index contributed by atoms with van der Waals surface area (Å²) in [7, 11) is 0. The van der Waals surface area contributed by atoms with E-state index in [4.69, 9.17) is 16.3 Å². The number of nitrogens with one attached hydrogen (secondary N) is 1. The number of rotatable bonds is 6. The normalized spacial score (nSPS) is 10.8. The number of benzene rings is 3. The molecule has 126 valence electrons. The maximum absolute atomic E-state index is 13.0. The highest BCUT2D eigenvalue weighted by atomic mass is 35.5. The molecule has 3 aromatic carbocycles. The van der Waals surface area contributed by atoms with Gasteiger partial charge in [-0.3, -0.25) is 5.43 Å². The summed E-state index contributed by atoms with van der Waals surface area (Å²) in [6.45, 7) is 0.328. The number of hydrogen-bond acceptors (Lipinski definition) is 3. The van der Waals surface area contributed by atoms with Gasteiger partial charge in [0.25, 0.3) is 0 Å². The summed E-state index contributed by atoms with van der Waals surface area (Å²) in [5.74, 6) is 0.377. The van der Waals surface area contributed by atoms with Crippen molar-refractivity contribution in [2.75, 3.05) is 5.43 Å². The maximum atomic E-state index is 13.0. The van der Waals surface area contributed by atoms with Gasteiger partial charge in [-0.1, -0.05) is 41.9 Å². The van der Waals surface area contributed by atoms with E-state index in [-0.39, 0.29) is 5.82 Å². The summed E-state index contributed by atoms with van der Waals surface area (Å²) in [6, 6.07) is 21.1. The Bertz CT molecular complexity index is 851. The molecule has 3 rings (SSSR count). The molecule has 0 saturated carbocycles. The van der Waals surface area contributed by atoms with Gasteiger partial charge in [-0.15, -0.1) is 0 Å². The van der Waals surface area contributed by atoms with E-state index in [1.165, 1.54) is 12.1 Å². The molecule has 3 nitrogen and oxygen atoms in total. The molecule has 0 aliphatic heterocycles. The lowest BCUT2D eigenvalue weighted by atomic mass is 10.2. The van der Waals surface area contributed by atoms with Gasteiger partial charge in [-0.25, -0.2) is 4.39 Å². The second kappa shape index (κ2) is 8.31. The Hall–Kier alpha value is -2.85. The summed E-state index contributed by atoms with van der Waals surface area (Å²) < 4.78 is 18.8. The highest BCUT2D eigenvalue weighted by Gasteiger charge is 2.04. The highest BCUT2D eigenvalue weighted by Crippen LogP contribution is 2.22. The molecule has 1 N–H and O–H groups in total. The molecule has 0 saturated heterocycles. The van der Waals surface area contributed by atoms with Crippen molar-refractivity contribution < 1.29 is 9.13 Å². The zero-order valence-electron chi connectivity index (χ0n) is 13.3. The topological polar surface area (TPSA) is 33.6 Å². The van der Waals surface area contributed by atoms with Gasteiger partial charge in [0.2, 0.25) is 0 Å². The SMILES string of the molecule is Fc1ccc(COc2ccc(Cl)cc2C=NNc2ccccc2)cc1. The van der Waals surface area contributed by atoms with Gasteiger partial charge in [0.1, 0.15) is 18.2 Å². The minimum atomic E-state index is -0.268. The van der Waals surface area contributed by atoms with Crippen LogP contribution in [0.15, 0.2) is 77.9 Å². The summed E-state index contributed by atoms with van der Waals surface area (Å²) >= 11 is 6.07. The average molecular weight is 355 g/mol. The van der Waals surface area contributed by atoms with Gasteiger partial charge in [-0.2, -0.15) is 5.10 Å². The summed E-state index contributed by atoms with van der Waals surface area (Å²) in [5.41, 5.74) is 5.46. The second-order valence-corrected chi connectivity index (χ2v) is 5.77. The third-order valence-corrected chi connectivity index (χ3v) is 3.69. The number of hydrogen-bond donors (Lipinski definition) is 1. The molecule has 0 unspecified atom stereocenters. The highest BCUT2D eigenvalue weighted by molar-refractivity contribution is 6.30. The fourth-order valence-corrected chi connectivity index (χ4v) is 2.36. The van der Waals surface area contributed by atoms with E-state index in [1.807, 2.05) is 30.3 Å². The summed E-state index contributed by atoms with van der Waals surface area (Å²) in [5, 5.41) is 4.81. The van der Waals surface area contributed by atoms with Gasteiger partial charge >= 0.3 is 0 Å². The Morgan fingerprint density at radius 3 is 2.52 bits per heavy atom. The average Bonchev–Trinajstić information content (AvgIpc) is 2.63. The Morgan fingerprint density at radius 1 is 1.00 bits per heavy atom. The molecule has 0 bridgehead atoms. The third-order valence-electron chi connectivity index (χ3n) is 3.45. The van der Waals surface area contributed by atoms with E-state index in [0.29, 0.717) is 17.4 Å². The van der Waals surface area contributed by atoms with Crippen molar-refractivity contribution in [3.05, 3.63) is 94.8 Å². The molecular weight excluding hydrogens is 339 g/mol. The monoisotopic (exact) mass is 354 g/mol. The van der Waals surface area contributed by atoms with E-state index >= 15 is 0 Å². The molecule has 0 aliphatic rings. The van der Waals surface area contributed by atoms with Crippen molar-refractivity contribution in [2.45, 2.75) is 6.61 Å². The van der Waals surface area contributed by atoms with Gasteiger partial charge in [0.15, 0.2) is 0 Å². The lowest BCUT2D eigenvalue weighted by Crippen LogP contribution is -1.99. The first-order chi connectivity index (χ1) is 12.2. The fraction of sp³-hybridized carbons (Fsp3) is 0.0500. The van der Waals surface area contributed by atoms with Crippen molar-refractivity contribution >= 4 is 23.5 Å². The van der Waals surface area contributed by atoms with Crippen LogP contribution in [0.3, 0.4) is 0 Å². The lowest BCUT2D eigenvalue weighted by Gasteiger charge is -2.10. The Kier molecular flexibility index (Phi) is 5.65. The molecule has 3 aromatic rings. The minimum Gasteiger partial charge on any atom is -0.488 e. The van der Waals surface area contributed by atoms with Crippen LogP contribution >= 0.6 is 11.6 Å². The molecule has 0 heterocycles. The van der Waals surface area contributed by atoms with Crippen LogP contribution < -0.4 is 10.2 Å². The molecule has 0 aromatic heterocycles. The molecule has 0 fully saturated rings. The Labute approximate surface area is 150 Å². The molecule has 0 spiro atoms. The number of ether oxygens (including phenoxy) is 1. The van der Waals surface area contributed by atoms with Crippen LogP contribution in [0.4, 0.5) is 10.1 Å². The lowest BCUT2D eigenvalue weighted by molar-refractivity contribution is 0.305. The quantitative estimate of drug-likeness (QED) is 0.468. The smallest absolute Gasteiger partial charge is 0.128 e. The van der Waals surface area contributed by atoms with Crippen molar-refractivity contribution in [3.8, 4) is 5.75 Å². The number of anilines is 1. The third kappa shape index (κ3) is 5.06. The fourth-order valence-electron chi connectivity index (χ4n) is 2.18. The van der Waals surface area contributed by atoms with E-state index in [1.54, 1.807) is 36.5 Å². The van der Waals surface area contributed by atoms with E-state index in [9.17, 15) is 4.39 Å². The van der Waals surface area contributed by atoms with Crippen molar-refractivity contribution in [2.24, 2.45) is 5.10 Å². The zero-order valence-corrected chi connectivity index (χ0v) is 14.1. The van der Waals surface area contributed by atoms with E-state index in [0.717, 1.165) is 16.8 Å². The minimum absolute atomic E-state index is 0.268. The summed E-state index contributed by atoms with van der Waals surface area (Å²) in [6.07, 6.45) is 1.65. The van der Waals surface area contributed by atoms with Gasteiger partial charge < -0.3 is 4.74 Å². The van der Waals surface area contributed by atoms with Crippen LogP contribution in [0.1, 0.15) is 11.1 Å². The molecule has 0 radical (unpaired) electrons. The molecule has 5 heteroatoms. The van der Waals surface area contributed by atoms with Crippen molar-refractivity contribution in [1.29, 1.82) is 0 Å². The van der Waals surface area contributed by atoms with Crippen LogP contribution in [0.2, 0.25) is 5.02 Å². The van der Waals surface area contributed by atoms with E-state index in [2.05, 4.69) is 10.5 Å². The Morgan fingerprint density at radius 2 is 1.76 bits per heavy atom. The number of halogens is 2. The molecule has 0 amide bonds. The predicted octanol–water partition coefficient (Wildman–Crippen LogP) is 5.50. The molecular formula is C20H16ClFN2O. The van der Waals surface area contributed by atoms with Gasteiger partial charge in [-0.05, 0) is 48.0 Å². The van der Waals surface area contributed by atoms with Gasteiger partial charge in [0.05, 0.1) is 11.9 Å². The number of nitrogens with zero attached hydrogens (tertiary/aromatic N) is 1. The largest absolute Gasteiger partial charge is 0.488 e. The molecule has 25 heavy (non-hydrogen) atoms. The first-order valence-corrected chi connectivity index (χ1v) is 8.09. The Balaban J connectivity index is 1.70. The van der Waals surface area contributed by atoms with Crippen molar-refractivity contribution in [1.82, 2.24) is 0 Å². The molecule has 0 aliphatic carbocycles. The molecule has 0 atom stereocenters. The number of hydrazone groups is 1. The van der Waals surface area contributed by atoms with Crippen LogP contribution in [0, 0.1) is 5.82 Å². The first-order valence-electron chi connectivity index (χ1n) is 7.71. The second-order valence-electron chi connectivity index (χ2n) is 5.33. The summed E-state index contributed by atoms with van der Waals surface area (Å²) in [4.78, 5) is 0. The van der Waals surface area contributed by atoms with Crippen LogP contribution in [-0.2, 0) is 6.61 Å². The standard InChI is InChI=1S/C20H16ClFN2O/c21-17-8-11-20(25-14-15-6-9-18(22)10-7-15)16(12-17)13-23-24-19-4-2-1-3-5-19/h1-13,24H,14H2. The van der Waals surface area contributed by atoms with Crippen molar-refractivity contribution in [3.63, 3.8) is 0 Å². The first kappa shape index (κ1) is 17.0. The van der Waals surface area contributed by atoms with Gasteiger partial charge in [0, 0.05) is 10.6 Å². The zero-order chi connectivity index (χ0) is 17.5. The number of para-hydroxylation sites is 1. The maximum Gasteiger partial charge on any atom is 0.128 e. The van der Waals surface area contributed by atoms with Crippen LogP contribution in [0.5, 0.6) is 5.75 Å². The van der Waals surface area contributed by atoms with E-state index < -0.39 is 0 Å².